The molecule has 6 heteroatoms. The largest absolute Gasteiger partial charge is 0.396 e. The second-order valence-corrected chi connectivity index (χ2v) is 8.39. The lowest BCUT2D eigenvalue weighted by atomic mass is 10.0. The molecule has 0 aliphatic carbocycles. The van der Waals surface area contributed by atoms with Crippen LogP contribution in [0.4, 0.5) is 0 Å². The zero-order chi connectivity index (χ0) is 20.1. The van der Waals surface area contributed by atoms with Crippen LogP contribution in [0, 0.1) is 5.92 Å². The van der Waals surface area contributed by atoms with Gasteiger partial charge >= 0.3 is 0 Å². The second kappa shape index (κ2) is 9.54. The number of aliphatic hydroxyl groups is 1. The molecule has 3 rings (SSSR count). The van der Waals surface area contributed by atoms with Crippen molar-refractivity contribution < 1.29 is 9.90 Å². The molecule has 1 aromatic carbocycles. The highest BCUT2D eigenvalue weighted by molar-refractivity contribution is 5.85. The Morgan fingerprint density at radius 1 is 1.29 bits per heavy atom. The minimum atomic E-state index is -0.325. The van der Waals surface area contributed by atoms with E-state index in [1.54, 1.807) is 0 Å². The van der Waals surface area contributed by atoms with Gasteiger partial charge in [0.2, 0.25) is 5.91 Å². The molecule has 2 heterocycles. The van der Waals surface area contributed by atoms with Crippen molar-refractivity contribution in [1.29, 1.82) is 0 Å². The first-order valence-electron chi connectivity index (χ1n) is 10.4. The fourth-order valence-electron chi connectivity index (χ4n) is 4.23. The van der Waals surface area contributed by atoms with E-state index in [-0.39, 0.29) is 19.1 Å². The Morgan fingerprint density at radius 2 is 2.07 bits per heavy atom. The minimum absolute atomic E-state index is 0.205. The molecule has 1 saturated heterocycles. The smallest absolute Gasteiger partial charge is 0.237 e. The van der Waals surface area contributed by atoms with Gasteiger partial charge in [-0.3, -0.25) is 14.6 Å². The summed E-state index contributed by atoms with van der Waals surface area (Å²) >= 11 is 0. The molecule has 28 heavy (non-hydrogen) atoms. The number of benzene rings is 1. The number of carbonyl (C=O) groups excluding carboxylic acids is 1. The minimum Gasteiger partial charge on any atom is -0.396 e. The lowest BCUT2D eigenvalue weighted by Gasteiger charge is -2.41. The quantitative estimate of drug-likeness (QED) is 0.692. The van der Waals surface area contributed by atoms with Crippen molar-refractivity contribution in [3.63, 3.8) is 0 Å². The van der Waals surface area contributed by atoms with Crippen LogP contribution in [0.25, 0.3) is 10.9 Å². The third-order valence-electron chi connectivity index (χ3n) is 5.74. The lowest BCUT2D eigenvalue weighted by Crippen LogP contribution is -2.53. The van der Waals surface area contributed by atoms with E-state index in [9.17, 15) is 9.90 Å². The summed E-state index contributed by atoms with van der Waals surface area (Å²) in [7, 11) is 0. The van der Waals surface area contributed by atoms with Crippen molar-refractivity contribution in [3.05, 3.63) is 36.0 Å². The fraction of sp³-hybridized carbons (Fsp3) is 0.591. The number of primary amides is 1. The molecule has 0 saturated carbocycles. The maximum atomic E-state index is 11.4. The van der Waals surface area contributed by atoms with E-state index in [2.05, 4.69) is 35.9 Å². The number of para-hydroxylation sites is 1. The van der Waals surface area contributed by atoms with Crippen molar-refractivity contribution in [2.75, 3.05) is 32.8 Å². The van der Waals surface area contributed by atoms with Gasteiger partial charge in [0.1, 0.15) is 6.54 Å². The summed E-state index contributed by atoms with van der Waals surface area (Å²) in [6.07, 6.45) is 4.09. The van der Waals surface area contributed by atoms with E-state index >= 15 is 0 Å². The van der Waals surface area contributed by atoms with Gasteiger partial charge in [-0.2, -0.15) is 0 Å². The van der Waals surface area contributed by atoms with E-state index in [1.807, 2.05) is 22.8 Å². The van der Waals surface area contributed by atoms with Crippen LogP contribution < -0.4 is 5.73 Å². The Balaban J connectivity index is 1.72. The molecule has 0 spiro atoms. The Morgan fingerprint density at radius 3 is 2.79 bits per heavy atom. The topological polar surface area (TPSA) is 74.7 Å². The molecule has 0 radical (unpaired) electrons. The number of carbonyl (C=O) groups is 1. The standard InChI is InChI=1S/C22H34N4O2/c1-17(2)7-9-25-11-10-24(15-19(25)8-12-27)13-18-14-26(16-22(23)28)21-6-4-3-5-20(18)21/h3-6,14,17,19,27H,7-13,15-16H2,1-2H3,(H2,23,28)/t19-/m0/s1. The highest BCUT2D eigenvalue weighted by Gasteiger charge is 2.27. The van der Waals surface area contributed by atoms with Gasteiger partial charge in [-0.1, -0.05) is 32.0 Å². The molecule has 1 fully saturated rings. The van der Waals surface area contributed by atoms with E-state index in [1.165, 1.54) is 17.4 Å². The molecular formula is C22H34N4O2. The Bertz CT molecular complexity index is 786. The Kier molecular flexibility index (Phi) is 7.10. The van der Waals surface area contributed by atoms with Gasteiger partial charge in [-0.25, -0.2) is 0 Å². The van der Waals surface area contributed by atoms with Gasteiger partial charge in [0, 0.05) is 55.9 Å². The number of fused-ring (bicyclic) bond motifs is 1. The first-order valence-corrected chi connectivity index (χ1v) is 10.4. The molecule has 6 nitrogen and oxygen atoms in total. The number of amides is 1. The number of nitrogens with zero attached hydrogens (tertiary/aromatic N) is 3. The number of rotatable bonds is 9. The summed E-state index contributed by atoms with van der Waals surface area (Å²) in [5.41, 5.74) is 7.71. The SMILES string of the molecule is CC(C)CCN1CCN(Cc2cn(CC(N)=O)c3ccccc23)C[C@@H]1CCO. The zero-order valence-corrected chi connectivity index (χ0v) is 17.2. The monoisotopic (exact) mass is 386 g/mol. The maximum absolute atomic E-state index is 11.4. The van der Waals surface area contributed by atoms with E-state index in [0.29, 0.717) is 12.0 Å². The van der Waals surface area contributed by atoms with Crippen LogP contribution in [-0.4, -0.2) is 64.2 Å². The number of piperazine rings is 1. The van der Waals surface area contributed by atoms with Crippen LogP contribution >= 0.6 is 0 Å². The third-order valence-corrected chi connectivity index (χ3v) is 5.74. The molecule has 0 bridgehead atoms. The molecule has 3 N–H and O–H groups in total. The average molecular weight is 387 g/mol. The number of aliphatic hydroxyl groups excluding tert-OH is 1. The predicted molar refractivity (Wildman–Crippen MR) is 113 cm³/mol. The van der Waals surface area contributed by atoms with Gasteiger partial charge in [-0.05, 0) is 36.9 Å². The zero-order valence-electron chi connectivity index (χ0n) is 17.2. The van der Waals surface area contributed by atoms with E-state index < -0.39 is 0 Å². The van der Waals surface area contributed by atoms with Crippen molar-refractivity contribution in [1.82, 2.24) is 14.4 Å². The van der Waals surface area contributed by atoms with Crippen LogP contribution in [0.15, 0.2) is 30.5 Å². The molecule has 2 aromatic rings. The summed E-state index contributed by atoms with van der Waals surface area (Å²) < 4.78 is 1.96. The van der Waals surface area contributed by atoms with Crippen LogP contribution in [0.1, 0.15) is 32.3 Å². The van der Waals surface area contributed by atoms with Crippen molar-refractivity contribution in [2.24, 2.45) is 11.7 Å². The summed E-state index contributed by atoms with van der Waals surface area (Å²) in [6, 6.07) is 8.59. The Labute approximate surface area is 167 Å². The van der Waals surface area contributed by atoms with Crippen LogP contribution in [-0.2, 0) is 17.9 Å². The molecule has 1 aromatic heterocycles. The van der Waals surface area contributed by atoms with Gasteiger partial charge in [0.05, 0.1) is 0 Å². The number of nitrogens with two attached hydrogens (primary N) is 1. The van der Waals surface area contributed by atoms with Crippen LogP contribution in [0.2, 0.25) is 0 Å². The second-order valence-electron chi connectivity index (χ2n) is 8.39. The summed E-state index contributed by atoms with van der Waals surface area (Å²) in [6.45, 7) is 9.95. The highest BCUT2D eigenvalue weighted by atomic mass is 16.3. The molecule has 1 aliphatic rings. The Hall–Kier alpha value is -1.89. The first-order chi connectivity index (χ1) is 13.5. The molecule has 1 amide bonds. The molecule has 154 valence electrons. The molecule has 1 atom stereocenters. The van der Waals surface area contributed by atoms with Gasteiger partial charge < -0.3 is 15.4 Å². The van der Waals surface area contributed by atoms with Crippen LogP contribution in [0.5, 0.6) is 0 Å². The molecular weight excluding hydrogens is 352 g/mol. The van der Waals surface area contributed by atoms with Gasteiger partial charge in [0.15, 0.2) is 0 Å². The maximum Gasteiger partial charge on any atom is 0.237 e. The summed E-state index contributed by atoms with van der Waals surface area (Å²) in [5.74, 6) is 0.373. The molecule has 1 aliphatic heterocycles. The first kappa shape index (κ1) is 20.8. The highest BCUT2D eigenvalue weighted by Crippen LogP contribution is 2.24. The summed E-state index contributed by atoms with van der Waals surface area (Å²) in [4.78, 5) is 16.5. The third kappa shape index (κ3) is 5.13. The van der Waals surface area contributed by atoms with Crippen molar-refractivity contribution in [3.8, 4) is 0 Å². The number of aromatic nitrogens is 1. The van der Waals surface area contributed by atoms with Crippen LogP contribution in [0.3, 0.4) is 0 Å². The van der Waals surface area contributed by atoms with E-state index in [4.69, 9.17) is 5.73 Å². The lowest BCUT2D eigenvalue weighted by molar-refractivity contribution is -0.118. The average Bonchev–Trinajstić information content (AvgIpc) is 2.98. The van der Waals surface area contributed by atoms with Gasteiger partial charge in [-0.15, -0.1) is 0 Å². The summed E-state index contributed by atoms with van der Waals surface area (Å²) in [5, 5.41) is 10.7. The van der Waals surface area contributed by atoms with Crippen molar-refractivity contribution in [2.45, 2.75) is 45.8 Å². The number of hydrogen-bond acceptors (Lipinski definition) is 4. The fourth-order valence-corrected chi connectivity index (χ4v) is 4.23. The van der Waals surface area contributed by atoms with Gasteiger partial charge in [0.25, 0.3) is 0 Å². The predicted octanol–water partition coefficient (Wildman–Crippen LogP) is 2.04. The normalized spacial score (nSPS) is 18.9. The van der Waals surface area contributed by atoms with Crippen molar-refractivity contribution >= 4 is 16.8 Å². The number of hydrogen-bond donors (Lipinski definition) is 2. The van der Waals surface area contributed by atoms with E-state index in [0.717, 1.165) is 44.7 Å². The molecule has 0 unspecified atom stereocenters.